The third kappa shape index (κ3) is 3.86. The second-order valence-electron chi connectivity index (χ2n) is 9.54. The Morgan fingerprint density at radius 3 is 2.86 bits per heavy atom. The number of nitrogens with one attached hydrogen (secondary N) is 2. The molecule has 2 aliphatic heterocycles. The van der Waals surface area contributed by atoms with Crippen LogP contribution in [0.4, 0.5) is 5.69 Å². The van der Waals surface area contributed by atoms with Crippen molar-refractivity contribution in [1.82, 2.24) is 19.7 Å². The average Bonchev–Trinajstić information content (AvgIpc) is 3.60. The molecule has 0 radical (unpaired) electrons. The number of nitrogens with zero attached hydrogens (tertiary/aromatic N) is 3. The van der Waals surface area contributed by atoms with Gasteiger partial charge in [0, 0.05) is 34.9 Å². The van der Waals surface area contributed by atoms with Crippen LogP contribution in [0, 0.1) is 5.92 Å². The van der Waals surface area contributed by atoms with E-state index in [1.807, 2.05) is 11.0 Å². The Bertz CT molecular complexity index is 1470. The number of H-pyrrole nitrogens is 1. The monoisotopic (exact) mass is 485 g/mol. The molecule has 0 saturated carbocycles. The minimum Gasteiger partial charge on any atom is -0.454 e. The van der Waals surface area contributed by atoms with E-state index < -0.39 is 0 Å². The van der Waals surface area contributed by atoms with Crippen LogP contribution in [-0.4, -0.2) is 44.8 Å². The van der Waals surface area contributed by atoms with Crippen LogP contribution in [0.3, 0.4) is 0 Å². The van der Waals surface area contributed by atoms with Gasteiger partial charge in [-0.2, -0.15) is 5.10 Å². The second-order valence-corrected chi connectivity index (χ2v) is 9.54. The predicted octanol–water partition coefficient (Wildman–Crippen LogP) is 4.13. The quantitative estimate of drug-likeness (QED) is 0.443. The van der Waals surface area contributed by atoms with E-state index in [0.717, 1.165) is 17.6 Å². The van der Waals surface area contributed by atoms with Gasteiger partial charge in [0.25, 0.3) is 5.91 Å². The van der Waals surface area contributed by atoms with E-state index in [4.69, 9.17) is 9.47 Å². The van der Waals surface area contributed by atoms with Gasteiger partial charge in [-0.25, -0.2) is 0 Å². The van der Waals surface area contributed by atoms with Crippen LogP contribution in [0.2, 0.25) is 0 Å². The zero-order chi connectivity index (χ0) is 24.8. The van der Waals surface area contributed by atoms with E-state index in [9.17, 15) is 9.59 Å². The Hall–Kier alpha value is -4.27. The first kappa shape index (κ1) is 22.2. The molecule has 0 bridgehead atoms. The van der Waals surface area contributed by atoms with Gasteiger partial charge >= 0.3 is 0 Å². The first-order valence-electron chi connectivity index (χ1n) is 12.1. The van der Waals surface area contributed by atoms with Crippen LogP contribution in [-0.2, 0) is 17.8 Å². The lowest BCUT2D eigenvalue weighted by Crippen LogP contribution is -2.43. The van der Waals surface area contributed by atoms with E-state index in [2.05, 4.69) is 47.4 Å². The molecule has 0 aliphatic carbocycles. The van der Waals surface area contributed by atoms with Crippen LogP contribution < -0.4 is 14.8 Å². The van der Waals surface area contributed by atoms with Crippen molar-refractivity contribution in [1.29, 1.82) is 0 Å². The van der Waals surface area contributed by atoms with E-state index in [0.29, 0.717) is 29.3 Å². The summed E-state index contributed by atoms with van der Waals surface area (Å²) in [5.41, 5.74) is 4.51. The Morgan fingerprint density at radius 1 is 1.17 bits per heavy atom. The highest BCUT2D eigenvalue weighted by molar-refractivity contribution is 6.04. The van der Waals surface area contributed by atoms with E-state index in [1.165, 1.54) is 10.9 Å². The van der Waals surface area contributed by atoms with Crippen LogP contribution >= 0.6 is 0 Å². The van der Waals surface area contributed by atoms with Crippen molar-refractivity contribution in [3.63, 3.8) is 0 Å². The lowest BCUT2D eigenvalue weighted by molar-refractivity contribution is -0.136. The Labute approximate surface area is 208 Å². The summed E-state index contributed by atoms with van der Waals surface area (Å²) in [5.74, 6) is 1.12. The molecule has 2 aromatic heterocycles. The Morgan fingerprint density at radius 2 is 2.00 bits per heavy atom. The lowest BCUT2D eigenvalue weighted by Gasteiger charge is -2.38. The largest absolute Gasteiger partial charge is 0.454 e. The molecule has 4 aromatic rings. The van der Waals surface area contributed by atoms with Crippen LogP contribution in [0.15, 0.2) is 54.9 Å². The molecule has 0 saturated heterocycles. The molecule has 36 heavy (non-hydrogen) atoms. The van der Waals surface area contributed by atoms with Gasteiger partial charge in [-0.1, -0.05) is 32.0 Å². The summed E-state index contributed by atoms with van der Waals surface area (Å²) in [4.78, 5) is 31.6. The molecule has 0 fully saturated rings. The molecule has 2 amide bonds. The fourth-order valence-corrected chi connectivity index (χ4v) is 5.23. The van der Waals surface area contributed by atoms with Crippen molar-refractivity contribution < 1.29 is 19.1 Å². The third-order valence-electron chi connectivity index (χ3n) is 6.86. The van der Waals surface area contributed by atoms with Gasteiger partial charge in [-0.15, -0.1) is 0 Å². The van der Waals surface area contributed by atoms with Crippen LogP contribution in [0.25, 0.3) is 10.9 Å². The molecule has 0 unspecified atom stereocenters. The predicted molar refractivity (Wildman–Crippen MR) is 134 cm³/mol. The van der Waals surface area contributed by atoms with Gasteiger partial charge < -0.3 is 24.7 Å². The maximum atomic E-state index is 13.4. The zero-order valence-electron chi connectivity index (χ0n) is 20.2. The number of carbonyl (C=O) groups excluding carboxylic acids is 2. The summed E-state index contributed by atoms with van der Waals surface area (Å²) in [6.45, 7) is 5.19. The van der Waals surface area contributed by atoms with E-state index >= 15 is 0 Å². The maximum absolute atomic E-state index is 13.4. The topological polar surface area (TPSA) is 101 Å². The minimum atomic E-state index is -0.290. The summed E-state index contributed by atoms with van der Waals surface area (Å²) in [6.07, 6.45) is 4.03. The fourth-order valence-electron chi connectivity index (χ4n) is 5.23. The maximum Gasteiger partial charge on any atom is 0.255 e. The number of ether oxygens (including phenoxy) is 2. The minimum absolute atomic E-state index is 0.00486. The van der Waals surface area contributed by atoms with Crippen molar-refractivity contribution in [2.75, 3.05) is 18.7 Å². The van der Waals surface area contributed by atoms with Gasteiger partial charge in [0.05, 0.1) is 17.9 Å². The number of benzene rings is 2. The number of hydrogen-bond acceptors (Lipinski definition) is 5. The van der Waals surface area contributed by atoms with E-state index in [-0.39, 0.29) is 37.1 Å². The number of amides is 2. The van der Waals surface area contributed by atoms with Crippen LogP contribution in [0.5, 0.6) is 11.5 Å². The average molecular weight is 486 g/mol. The first-order chi connectivity index (χ1) is 17.5. The molecule has 2 N–H and O–H groups in total. The van der Waals surface area contributed by atoms with Gasteiger partial charge in [-0.05, 0) is 42.2 Å². The molecule has 1 atom stereocenters. The second kappa shape index (κ2) is 8.75. The number of para-hydroxylation sites is 1. The molecule has 9 nitrogen and oxygen atoms in total. The van der Waals surface area contributed by atoms with Crippen molar-refractivity contribution in [2.45, 2.75) is 32.9 Å². The van der Waals surface area contributed by atoms with Gasteiger partial charge in [0.15, 0.2) is 11.5 Å². The number of fused-ring (bicyclic) bond motifs is 4. The highest BCUT2D eigenvalue weighted by Crippen LogP contribution is 2.38. The molecular formula is C27H27N5O4. The fraction of sp³-hybridized carbons (Fsp3) is 0.296. The molecule has 2 aromatic carbocycles. The summed E-state index contributed by atoms with van der Waals surface area (Å²) in [7, 11) is 0. The summed E-state index contributed by atoms with van der Waals surface area (Å²) >= 11 is 0. The molecule has 6 rings (SSSR count). The van der Waals surface area contributed by atoms with Crippen molar-refractivity contribution in [3.8, 4) is 11.5 Å². The van der Waals surface area contributed by atoms with Gasteiger partial charge in [0.2, 0.25) is 12.7 Å². The zero-order valence-corrected chi connectivity index (χ0v) is 20.2. The number of hydrogen-bond donors (Lipinski definition) is 2. The normalized spacial score (nSPS) is 16.4. The van der Waals surface area contributed by atoms with Crippen LogP contribution in [0.1, 0.15) is 41.5 Å². The lowest BCUT2D eigenvalue weighted by atomic mass is 9.90. The molecule has 9 heteroatoms. The number of rotatable bonds is 5. The van der Waals surface area contributed by atoms with Crippen molar-refractivity contribution in [2.24, 2.45) is 5.92 Å². The standard InChI is InChI=1S/C27H27N5O4/c1-16(2)26-25-20(19-5-3-4-6-21(19)30-25)9-10-32(26)24(33)14-31-13-18(12-28-31)29-27(34)17-7-8-22-23(11-17)36-15-35-22/h3-8,11-13,16,26,30H,9-10,14-15H2,1-2H3,(H,29,34)/t26-/m0/s1. The van der Waals surface area contributed by atoms with Gasteiger partial charge in [-0.3, -0.25) is 14.3 Å². The SMILES string of the molecule is CC(C)[C@H]1c2[nH]c3ccccc3c2CCN1C(=O)Cn1cc(NC(=O)c2ccc3c(c2)OCO3)cn1. The van der Waals surface area contributed by atoms with Crippen molar-refractivity contribution >= 4 is 28.4 Å². The number of anilines is 1. The molecular weight excluding hydrogens is 458 g/mol. The third-order valence-corrected chi connectivity index (χ3v) is 6.86. The van der Waals surface area contributed by atoms with Gasteiger partial charge in [0.1, 0.15) is 6.54 Å². The summed E-state index contributed by atoms with van der Waals surface area (Å²) < 4.78 is 12.2. The van der Waals surface area contributed by atoms with E-state index in [1.54, 1.807) is 35.3 Å². The molecule has 2 aliphatic rings. The number of carbonyl (C=O) groups is 2. The number of aromatic nitrogens is 3. The summed E-state index contributed by atoms with van der Waals surface area (Å²) in [5, 5.41) is 8.37. The smallest absolute Gasteiger partial charge is 0.255 e. The Balaban J connectivity index is 1.16. The molecule has 4 heterocycles. The molecule has 184 valence electrons. The number of aromatic amines is 1. The summed E-state index contributed by atoms with van der Waals surface area (Å²) in [6, 6.07) is 13.3. The Kier molecular flexibility index (Phi) is 5.40. The highest BCUT2D eigenvalue weighted by Gasteiger charge is 2.35. The first-order valence-corrected chi connectivity index (χ1v) is 12.1. The highest BCUT2D eigenvalue weighted by atomic mass is 16.7. The van der Waals surface area contributed by atoms with Crippen molar-refractivity contribution in [3.05, 3.63) is 71.7 Å². The molecule has 0 spiro atoms.